The van der Waals surface area contributed by atoms with Crippen LogP contribution in [-0.2, 0) is 57.3 Å². The first kappa shape index (κ1) is 64.7. The Morgan fingerprint density at radius 2 is 0.695 bits per heavy atom. The smallest absolute Gasteiger partial charge is 0.744 e. The van der Waals surface area contributed by atoms with Crippen molar-refractivity contribution in [1.82, 2.24) is 48.8 Å². The van der Waals surface area contributed by atoms with Crippen LogP contribution in [0.25, 0.3) is 43.1 Å². The first-order valence-electron chi connectivity index (χ1n) is 25.2. The molecule has 6 N–H and O–H groups in total. The van der Waals surface area contributed by atoms with Crippen LogP contribution < -0.4 is 85.6 Å². The van der Waals surface area contributed by atoms with Gasteiger partial charge in [-0.15, -0.1) is 0 Å². The van der Waals surface area contributed by atoms with Gasteiger partial charge in [0.25, 0.3) is 0 Å². The van der Waals surface area contributed by atoms with E-state index in [1.807, 2.05) is 14.7 Å². The monoisotopic (exact) mass is 1260 g/mol. The summed E-state index contributed by atoms with van der Waals surface area (Å²) in [4.78, 5) is 42.8. The van der Waals surface area contributed by atoms with Crippen LogP contribution in [0.2, 0.25) is 0 Å². The standard InChI is InChI=1S/C50H58N14O12S4.Cu.Na/c1-62(21-24-65)18-4-15-51-77(68,69)31-7-11-35-39(27-31)47-55-43(35)54-44-36-12-8-32(78(70,71)52-16-5-19-63(2)22-25-66)28-40(36)48(56-44)58-46-38-14-10-34(80(74,75)76)30-42(38)50(60-46)61-49-41-29-33(9-13-37(41)45(57-47)59-49)79(72,73)53-17-6-20-64(3)23-26-67;;/h7-14,27-30,51-53,65-67H,4-6,15-26H2,1-3H3,(H-4,54,55,56,57,58,59,60,61,74,75,76);;/q-4;+2;+1/p-1. The van der Waals surface area contributed by atoms with Crippen molar-refractivity contribution in [3.8, 4) is 0 Å². The summed E-state index contributed by atoms with van der Waals surface area (Å²) < 4.78 is 128. The van der Waals surface area contributed by atoms with Crippen LogP contribution in [0.5, 0.6) is 0 Å². The van der Waals surface area contributed by atoms with E-state index in [0.717, 1.165) is 12.1 Å². The van der Waals surface area contributed by atoms with E-state index in [2.05, 4.69) is 14.2 Å². The van der Waals surface area contributed by atoms with Gasteiger partial charge in [0.2, 0.25) is 30.1 Å². The molecule has 4 aromatic heterocycles. The van der Waals surface area contributed by atoms with Crippen LogP contribution >= 0.6 is 0 Å². The van der Waals surface area contributed by atoms with Gasteiger partial charge >= 0.3 is 46.6 Å². The van der Waals surface area contributed by atoms with Crippen LogP contribution in [0, 0.1) is 0 Å². The van der Waals surface area contributed by atoms with Gasteiger partial charge in [-0.1, -0.05) is 24.3 Å². The number of fused-ring (bicyclic) bond motifs is 20. The molecular weight excluding hydrogens is 1200 g/mol. The Kier molecular flexibility index (Phi) is 21.3. The van der Waals surface area contributed by atoms with Crippen LogP contribution in [0.15, 0.2) is 112 Å². The number of aliphatic hydroxyl groups excluding tert-OH is 3. The topological polar surface area (TPSA) is 372 Å². The summed E-state index contributed by atoms with van der Waals surface area (Å²) in [7, 11) is -12.2. The van der Waals surface area contributed by atoms with E-state index in [0.29, 0.717) is 69.3 Å². The molecule has 26 nitrogen and oxygen atoms in total. The van der Waals surface area contributed by atoms with E-state index in [4.69, 9.17) is 39.9 Å². The molecule has 0 atom stereocenters. The number of likely N-dealkylation sites (N-methyl/N-ethyl adjacent to an activating group) is 3. The zero-order valence-corrected chi connectivity index (χ0v) is 51.1. The molecule has 1 radical (unpaired) electrons. The number of rotatable bonds is 25. The molecule has 32 heteroatoms. The van der Waals surface area contributed by atoms with Gasteiger partial charge in [0.1, 0.15) is 10.1 Å². The summed E-state index contributed by atoms with van der Waals surface area (Å²) in [5, 5.41) is 29.5. The van der Waals surface area contributed by atoms with Crippen molar-refractivity contribution >= 4 is 107 Å². The molecule has 0 aliphatic carbocycles. The second-order valence-corrected chi connectivity index (χ2v) is 25.8. The van der Waals surface area contributed by atoms with Gasteiger partial charge in [-0.3, -0.25) is 0 Å². The third-order valence-corrected chi connectivity index (χ3v) is 18.5. The number of aliphatic hydroxyl groups is 3. The number of benzene rings is 4. The molecule has 82 heavy (non-hydrogen) atoms. The minimum atomic E-state index is -5.06. The van der Waals surface area contributed by atoms with Crippen LogP contribution in [-0.4, -0.2) is 168 Å². The third-order valence-electron chi connectivity index (χ3n) is 13.3. The van der Waals surface area contributed by atoms with Crippen molar-refractivity contribution in [3.63, 3.8) is 0 Å². The van der Waals surface area contributed by atoms with Crippen molar-refractivity contribution in [1.29, 1.82) is 0 Å². The fourth-order valence-electron chi connectivity index (χ4n) is 9.00. The summed E-state index contributed by atoms with van der Waals surface area (Å²) in [6.45, 7) is 2.76. The van der Waals surface area contributed by atoms with E-state index >= 15 is 0 Å². The Bertz CT molecular complexity index is 4390. The van der Waals surface area contributed by atoms with Gasteiger partial charge in [0.05, 0.1) is 39.4 Å². The fraction of sp³-hybridized carbons (Fsp3) is 0.360. The minimum absolute atomic E-state index is 0. The van der Waals surface area contributed by atoms with Gasteiger partial charge in [-0.05, 0) is 152 Å². The third kappa shape index (κ3) is 14.6. The van der Waals surface area contributed by atoms with Gasteiger partial charge in [0, 0.05) is 84.5 Å². The summed E-state index contributed by atoms with van der Waals surface area (Å²) in [6, 6.07) is 16.1. The van der Waals surface area contributed by atoms with E-state index in [9.17, 15) is 53.5 Å². The molecule has 0 unspecified atom stereocenters. The first-order chi connectivity index (χ1) is 38.1. The molecule has 0 saturated carbocycles. The molecule has 5 heterocycles. The maximum absolute atomic E-state index is 13.9. The molecule has 4 aromatic carbocycles. The summed E-state index contributed by atoms with van der Waals surface area (Å²) in [5.74, 6) is -0.364. The largest absolute Gasteiger partial charge is 2.00 e. The molecule has 8 bridgehead atoms. The zero-order valence-electron chi connectivity index (χ0n) is 44.9. The average molecular weight is 1260 g/mol. The average Bonchev–Trinajstić information content (AvgIpc) is 4.30. The number of hydrogen-bond acceptors (Lipinski definition) is 19. The maximum Gasteiger partial charge on any atom is 2.00 e. The molecule has 0 spiro atoms. The minimum Gasteiger partial charge on any atom is -0.744 e. The number of sulfonamides is 3. The van der Waals surface area contributed by atoms with E-state index in [1.165, 1.54) is 60.7 Å². The molecule has 8 aromatic rings. The molecule has 0 fully saturated rings. The molecule has 9 rings (SSSR count). The summed E-state index contributed by atoms with van der Waals surface area (Å²) >= 11 is 0. The van der Waals surface area contributed by atoms with Crippen LogP contribution in [0.4, 0.5) is 23.3 Å². The van der Waals surface area contributed by atoms with Crippen LogP contribution in [0.1, 0.15) is 19.3 Å². The SMILES string of the molecule is CN(CCO)CCCNS(=O)(=O)c1ccc2c3[n-]c(c2c1)/N=c1\[n-]/c(c2cc(S(=O)(=O)NCCCN(C)CCO)ccc12)=N\c1[n-]c(c2ccc(S(=O)(=O)[O-])cc12)/N=c1\[n-]/c(c2ccc(S(=O)(=O)NCCCN(C)CCO)cc12)=N\3.[Cu+2].[Na+]. The fourth-order valence-corrected chi connectivity index (χ4v) is 12.8. The van der Waals surface area contributed by atoms with Crippen molar-refractivity contribution in [2.45, 2.75) is 38.8 Å². The van der Waals surface area contributed by atoms with Crippen molar-refractivity contribution in [3.05, 3.63) is 94.7 Å². The van der Waals surface area contributed by atoms with E-state index in [1.54, 1.807) is 21.1 Å². The number of nitrogens with zero attached hydrogens (tertiary/aromatic N) is 11. The summed E-state index contributed by atoms with van der Waals surface area (Å²) in [6.07, 6.45) is 1.28. The van der Waals surface area contributed by atoms with Gasteiger partial charge in [0.15, 0.2) is 0 Å². The Morgan fingerprint density at radius 3 is 1.02 bits per heavy atom. The molecule has 1 aliphatic rings. The second-order valence-electron chi connectivity index (χ2n) is 19.1. The maximum atomic E-state index is 13.9. The van der Waals surface area contributed by atoms with Crippen molar-refractivity contribution < 1.29 is 100 Å². The number of aromatic nitrogens is 4. The van der Waals surface area contributed by atoms with Crippen molar-refractivity contribution in [2.75, 3.05) is 99.9 Å². The van der Waals surface area contributed by atoms with Crippen LogP contribution in [0.3, 0.4) is 0 Å². The number of hydrogen-bond donors (Lipinski definition) is 6. The molecule has 1 aliphatic heterocycles. The Hall–Kier alpha value is -4.84. The molecule has 0 saturated heterocycles. The quantitative estimate of drug-likeness (QED) is 0.0180. The Labute approximate surface area is 505 Å². The zero-order chi connectivity index (χ0) is 57.1. The van der Waals surface area contributed by atoms with Gasteiger partial charge in [-0.2, -0.15) is 0 Å². The Balaban J connectivity index is 0.00000484. The molecule has 0 amide bonds. The predicted molar refractivity (Wildman–Crippen MR) is 293 cm³/mol. The van der Waals surface area contributed by atoms with Crippen molar-refractivity contribution in [2.24, 2.45) is 20.0 Å². The van der Waals surface area contributed by atoms with Gasteiger partial charge in [-0.25, -0.2) is 47.8 Å². The van der Waals surface area contributed by atoms with Gasteiger partial charge < -0.3 is 74.5 Å². The summed E-state index contributed by atoms with van der Waals surface area (Å²) in [5.41, 5.74) is -0.302. The normalized spacial score (nSPS) is 14.8. The van der Waals surface area contributed by atoms with E-state index < -0.39 is 45.1 Å². The van der Waals surface area contributed by atoms with E-state index in [-0.39, 0.29) is 178 Å². The predicted octanol–water partition coefficient (Wildman–Crippen LogP) is -4.07. The first-order valence-corrected chi connectivity index (χ1v) is 31.1. The number of nitrogens with one attached hydrogen (secondary N) is 3. The second kappa shape index (κ2) is 27.0. The Morgan fingerprint density at radius 1 is 0.415 bits per heavy atom. The molecular formula is C50H57CuN14NaO12S4-2. The molecule has 437 valence electrons.